The van der Waals surface area contributed by atoms with Gasteiger partial charge in [0.25, 0.3) is 0 Å². The molecule has 0 atom stereocenters. The zero-order valence-corrected chi connectivity index (χ0v) is 14.2. The number of anilines is 1. The van der Waals surface area contributed by atoms with Gasteiger partial charge in [0.15, 0.2) is 0 Å². The lowest BCUT2D eigenvalue weighted by atomic mass is 10.1. The van der Waals surface area contributed by atoms with Crippen LogP contribution in [0.5, 0.6) is 0 Å². The first-order valence-corrected chi connectivity index (χ1v) is 7.53. The van der Waals surface area contributed by atoms with Crippen molar-refractivity contribution in [2.45, 2.75) is 32.9 Å². The lowest BCUT2D eigenvalue weighted by molar-refractivity contribution is 0.424. The number of aromatic nitrogens is 1. The lowest BCUT2D eigenvalue weighted by Gasteiger charge is -2.26. The van der Waals surface area contributed by atoms with E-state index in [-0.39, 0.29) is 5.54 Å². The van der Waals surface area contributed by atoms with Crippen LogP contribution in [0.15, 0.2) is 42.0 Å². The second-order valence-electron chi connectivity index (χ2n) is 5.72. The predicted octanol–water partition coefficient (Wildman–Crippen LogP) is 3.91. The molecule has 0 saturated carbocycles. The van der Waals surface area contributed by atoms with E-state index in [1.54, 1.807) is 0 Å². The third-order valence-corrected chi connectivity index (χ3v) is 3.15. The topological polar surface area (TPSA) is 28.2 Å². The highest BCUT2D eigenvalue weighted by Gasteiger charge is 2.14. The minimum atomic E-state index is 0.0707. The van der Waals surface area contributed by atoms with Gasteiger partial charge in [-0.3, -0.25) is 0 Å². The maximum Gasteiger partial charge on any atom is 0.133 e. The van der Waals surface area contributed by atoms with E-state index in [1.165, 1.54) is 0 Å². The van der Waals surface area contributed by atoms with Crippen molar-refractivity contribution in [2.75, 3.05) is 18.0 Å². The van der Waals surface area contributed by atoms with Gasteiger partial charge >= 0.3 is 0 Å². The van der Waals surface area contributed by atoms with Gasteiger partial charge in [-0.25, -0.2) is 4.98 Å². The average Bonchev–Trinajstić information content (AvgIpc) is 2.35. The van der Waals surface area contributed by atoms with Crippen molar-refractivity contribution < 1.29 is 0 Å². The number of hydrogen-bond acceptors (Lipinski definition) is 3. The average molecular weight is 338 g/mol. The fourth-order valence-corrected chi connectivity index (χ4v) is 2.19. The molecule has 0 aliphatic carbocycles. The van der Waals surface area contributed by atoms with Crippen LogP contribution < -0.4 is 10.2 Å². The number of rotatable bonds is 7. The summed E-state index contributed by atoms with van der Waals surface area (Å²) in [7, 11) is 0. The molecule has 3 nitrogen and oxygen atoms in total. The van der Waals surface area contributed by atoms with Crippen molar-refractivity contribution in [1.29, 1.82) is 0 Å². The molecule has 110 valence electrons. The summed E-state index contributed by atoms with van der Waals surface area (Å²) in [6.07, 6.45) is 5.59. The molecule has 0 unspecified atom stereocenters. The molecule has 0 saturated heterocycles. The Kier molecular flexibility index (Phi) is 6.43. The molecule has 0 aliphatic heterocycles. The SMILES string of the molecule is C=CCN(CC=C)c1ncc(Br)cc1CNC(C)(C)C. The second kappa shape index (κ2) is 7.60. The van der Waals surface area contributed by atoms with E-state index in [2.05, 4.69) is 71.1 Å². The summed E-state index contributed by atoms with van der Waals surface area (Å²) in [6, 6.07) is 2.11. The Hall–Kier alpha value is -1.13. The lowest BCUT2D eigenvalue weighted by Crippen LogP contribution is -2.36. The standard InChI is InChI=1S/C16H24BrN3/c1-6-8-20(9-7-2)15-13(10-14(17)12-18-15)11-19-16(3,4)5/h6-7,10,12,19H,1-2,8-9,11H2,3-5H3. The number of pyridine rings is 1. The van der Waals surface area contributed by atoms with E-state index in [9.17, 15) is 0 Å². The van der Waals surface area contributed by atoms with Crippen molar-refractivity contribution >= 4 is 21.7 Å². The first-order chi connectivity index (χ1) is 9.37. The van der Waals surface area contributed by atoms with Gasteiger partial charge in [0.1, 0.15) is 5.82 Å². The fraction of sp³-hybridized carbons (Fsp3) is 0.438. The van der Waals surface area contributed by atoms with Gasteiger partial charge in [0, 0.05) is 41.4 Å². The molecule has 1 heterocycles. The summed E-state index contributed by atoms with van der Waals surface area (Å²) in [5, 5.41) is 3.51. The van der Waals surface area contributed by atoms with E-state index in [1.807, 2.05) is 18.3 Å². The Bertz CT molecular complexity index is 453. The van der Waals surface area contributed by atoms with Crippen molar-refractivity contribution in [2.24, 2.45) is 0 Å². The van der Waals surface area contributed by atoms with Gasteiger partial charge in [-0.05, 0) is 42.8 Å². The molecule has 0 spiro atoms. The highest BCUT2D eigenvalue weighted by molar-refractivity contribution is 9.10. The summed E-state index contributed by atoms with van der Waals surface area (Å²) < 4.78 is 0.990. The number of halogens is 1. The van der Waals surface area contributed by atoms with E-state index in [4.69, 9.17) is 0 Å². The summed E-state index contributed by atoms with van der Waals surface area (Å²) in [5.41, 5.74) is 1.24. The maximum absolute atomic E-state index is 4.56. The Morgan fingerprint density at radius 1 is 1.30 bits per heavy atom. The first kappa shape index (κ1) is 16.9. The van der Waals surface area contributed by atoms with Gasteiger partial charge in [-0.15, -0.1) is 13.2 Å². The highest BCUT2D eigenvalue weighted by atomic mass is 79.9. The summed E-state index contributed by atoms with van der Waals surface area (Å²) in [5.74, 6) is 0.977. The molecule has 1 rings (SSSR count). The summed E-state index contributed by atoms with van der Waals surface area (Å²) in [6.45, 7) is 16.4. The molecule has 0 bridgehead atoms. The first-order valence-electron chi connectivity index (χ1n) is 6.73. The van der Waals surface area contributed by atoms with Crippen LogP contribution in [0, 0.1) is 0 Å². The van der Waals surface area contributed by atoms with Gasteiger partial charge in [-0.1, -0.05) is 12.2 Å². The van der Waals surface area contributed by atoms with Crippen LogP contribution in [0.3, 0.4) is 0 Å². The zero-order valence-electron chi connectivity index (χ0n) is 12.6. The fourth-order valence-electron chi connectivity index (χ4n) is 1.81. The van der Waals surface area contributed by atoms with Crippen LogP contribution in [0.4, 0.5) is 5.82 Å². The van der Waals surface area contributed by atoms with Gasteiger partial charge in [0.2, 0.25) is 0 Å². The van der Waals surface area contributed by atoms with Crippen LogP contribution in [0.1, 0.15) is 26.3 Å². The molecular formula is C16H24BrN3. The molecule has 4 heteroatoms. The highest BCUT2D eigenvalue weighted by Crippen LogP contribution is 2.22. The number of nitrogens with one attached hydrogen (secondary N) is 1. The largest absolute Gasteiger partial charge is 0.349 e. The molecule has 1 aromatic rings. The third kappa shape index (κ3) is 5.47. The molecule has 1 N–H and O–H groups in total. The molecule has 0 fully saturated rings. The van der Waals surface area contributed by atoms with Crippen LogP contribution in [-0.4, -0.2) is 23.6 Å². The monoisotopic (exact) mass is 337 g/mol. The predicted molar refractivity (Wildman–Crippen MR) is 91.1 cm³/mol. The van der Waals surface area contributed by atoms with E-state index in [0.29, 0.717) is 0 Å². The quantitative estimate of drug-likeness (QED) is 0.764. The van der Waals surface area contributed by atoms with Gasteiger partial charge in [0.05, 0.1) is 0 Å². The molecule has 0 aromatic carbocycles. The van der Waals surface area contributed by atoms with Crippen LogP contribution in [0.2, 0.25) is 0 Å². The Balaban J connectivity index is 3.03. The number of hydrogen-bond donors (Lipinski definition) is 1. The van der Waals surface area contributed by atoms with E-state index in [0.717, 1.165) is 35.5 Å². The van der Waals surface area contributed by atoms with Crippen molar-refractivity contribution in [3.05, 3.63) is 47.6 Å². The van der Waals surface area contributed by atoms with Gasteiger partial charge < -0.3 is 10.2 Å². The Labute approximate surface area is 130 Å². The maximum atomic E-state index is 4.56. The zero-order chi connectivity index (χ0) is 15.2. The second-order valence-corrected chi connectivity index (χ2v) is 6.64. The van der Waals surface area contributed by atoms with E-state index < -0.39 is 0 Å². The van der Waals surface area contributed by atoms with Crippen molar-refractivity contribution in [3.8, 4) is 0 Å². The minimum Gasteiger partial charge on any atom is -0.349 e. The van der Waals surface area contributed by atoms with Crippen molar-refractivity contribution in [3.63, 3.8) is 0 Å². The minimum absolute atomic E-state index is 0.0707. The molecule has 1 aromatic heterocycles. The Morgan fingerprint density at radius 3 is 2.40 bits per heavy atom. The summed E-state index contributed by atoms with van der Waals surface area (Å²) >= 11 is 3.49. The molecule has 20 heavy (non-hydrogen) atoms. The van der Waals surface area contributed by atoms with Crippen LogP contribution in [-0.2, 0) is 6.54 Å². The van der Waals surface area contributed by atoms with Gasteiger partial charge in [-0.2, -0.15) is 0 Å². The molecule has 0 radical (unpaired) electrons. The Morgan fingerprint density at radius 2 is 1.90 bits per heavy atom. The number of nitrogens with zero attached hydrogens (tertiary/aromatic N) is 2. The van der Waals surface area contributed by atoms with Crippen molar-refractivity contribution in [1.82, 2.24) is 10.3 Å². The molecular weight excluding hydrogens is 314 g/mol. The van der Waals surface area contributed by atoms with Crippen LogP contribution in [0.25, 0.3) is 0 Å². The summed E-state index contributed by atoms with van der Waals surface area (Å²) in [4.78, 5) is 6.72. The third-order valence-electron chi connectivity index (χ3n) is 2.72. The smallest absolute Gasteiger partial charge is 0.133 e. The molecule has 0 amide bonds. The molecule has 0 aliphatic rings. The van der Waals surface area contributed by atoms with Crippen LogP contribution >= 0.6 is 15.9 Å². The van der Waals surface area contributed by atoms with E-state index >= 15 is 0 Å². The normalized spacial score (nSPS) is 11.2.